The van der Waals surface area contributed by atoms with Crippen molar-refractivity contribution in [2.75, 3.05) is 18.1 Å². The minimum atomic E-state index is -4.61. The molecule has 0 bridgehead atoms. The molecule has 1 aromatic rings. The number of rotatable bonds is 3. The van der Waals surface area contributed by atoms with Gasteiger partial charge >= 0.3 is 6.18 Å². The zero-order chi connectivity index (χ0) is 13.3. The highest BCUT2D eigenvalue weighted by atomic mass is 32.2. The summed E-state index contributed by atoms with van der Waals surface area (Å²) in [5, 5.41) is 0. The van der Waals surface area contributed by atoms with Gasteiger partial charge in [-0.2, -0.15) is 13.2 Å². The Balaban J connectivity index is 3.23. The molecule has 0 aliphatic rings. The molecule has 0 saturated carbocycles. The minimum Gasteiger partial charge on any atom is -0.496 e. The summed E-state index contributed by atoms with van der Waals surface area (Å²) < 4.78 is 66.1. The molecule has 0 radical (unpaired) electrons. The van der Waals surface area contributed by atoms with Gasteiger partial charge in [0, 0.05) is 5.69 Å². The molecule has 0 spiro atoms. The highest BCUT2D eigenvalue weighted by Crippen LogP contribution is 2.37. The van der Waals surface area contributed by atoms with Crippen LogP contribution in [0.25, 0.3) is 0 Å². The number of nitrogens with one attached hydrogen (secondary N) is 1. The van der Waals surface area contributed by atoms with E-state index in [0.717, 1.165) is 19.4 Å². The van der Waals surface area contributed by atoms with Crippen LogP contribution in [-0.4, -0.2) is 21.8 Å². The number of halogens is 3. The van der Waals surface area contributed by atoms with Crippen molar-refractivity contribution >= 4 is 15.7 Å². The van der Waals surface area contributed by atoms with E-state index in [1.165, 1.54) is 6.07 Å². The predicted molar refractivity (Wildman–Crippen MR) is 56.5 cm³/mol. The first-order chi connectivity index (χ1) is 7.63. The summed E-state index contributed by atoms with van der Waals surface area (Å²) in [5.41, 5.74) is -1.20. The number of benzene rings is 1. The lowest BCUT2D eigenvalue weighted by molar-refractivity contribution is -0.138. The third-order valence-electron chi connectivity index (χ3n) is 1.81. The quantitative estimate of drug-likeness (QED) is 0.914. The maximum Gasteiger partial charge on any atom is 0.420 e. The van der Waals surface area contributed by atoms with Gasteiger partial charge in [-0.15, -0.1) is 0 Å². The Hall–Kier alpha value is -1.44. The Kier molecular flexibility index (Phi) is 3.56. The van der Waals surface area contributed by atoms with Gasteiger partial charge in [0.25, 0.3) is 0 Å². The molecule has 0 aliphatic carbocycles. The van der Waals surface area contributed by atoms with E-state index in [-0.39, 0.29) is 11.4 Å². The largest absolute Gasteiger partial charge is 0.496 e. The van der Waals surface area contributed by atoms with Crippen LogP contribution >= 0.6 is 0 Å². The molecule has 1 aromatic carbocycles. The third-order valence-corrected chi connectivity index (χ3v) is 2.41. The normalized spacial score (nSPS) is 12.3. The van der Waals surface area contributed by atoms with E-state index in [1.807, 2.05) is 4.72 Å². The van der Waals surface area contributed by atoms with Crippen LogP contribution in [0.15, 0.2) is 18.2 Å². The Labute approximate surface area is 96.4 Å². The number of ether oxygens (including phenoxy) is 1. The van der Waals surface area contributed by atoms with Crippen LogP contribution < -0.4 is 9.46 Å². The molecular weight excluding hydrogens is 259 g/mol. The average Bonchev–Trinajstić information content (AvgIpc) is 2.13. The first-order valence-corrected chi connectivity index (χ1v) is 6.25. The highest BCUT2D eigenvalue weighted by molar-refractivity contribution is 7.92. The summed E-state index contributed by atoms with van der Waals surface area (Å²) in [6, 6.07) is 2.92. The van der Waals surface area contributed by atoms with Crippen molar-refractivity contribution in [1.82, 2.24) is 0 Å². The second-order valence-electron chi connectivity index (χ2n) is 3.29. The van der Waals surface area contributed by atoms with Crippen molar-refractivity contribution in [2.24, 2.45) is 0 Å². The molecule has 96 valence electrons. The smallest absolute Gasteiger partial charge is 0.420 e. The van der Waals surface area contributed by atoms with Gasteiger partial charge in [-0.1, -0.05) is 0 Å². The molecule has 1 rings (SSSR count). The number of anilines is 1. The fourth-order valence-electron chi connectivity index (χ4n) is 1.21. The monoisotopic (exact) mass is 269 g/mol. The summed E-state index contributed by atoms with van der Waals surface area (Å²) >= 11 is 0. The van der Waals surface area contributed by atoms with Gasteiger partial charge in [-0.05, 0) is 18.2 Å². The molecule has 0 heterocycles. The fraction of sp³-hybridized carbons (Fsp3) is 0.333. The Bertz CT molecular complexity index is 511. The number of alkyl halides is 3. The molecule has 0 saturated heterocycles. The molecule has 4 nitrogen and oxygen atoms in total. The number of hydrogen-bond acceptors (Lipinski definition) is 3. The molecular formula is C9H10F3NO3S. The molecule has 0 fully saturated rings. The average molecular weight is 269 g/mol. The first kappa shape index (κ1) is 13.6. The van der Waals surface area contributed by atoms with Crippen LogP contribution in [0.5, 0.6) is 5.75 Å². The van der Waals surface area contributed by atoms with E-state index in [9.17, 15) is 21.6 Å². The van der Waals surface area contributed by atoms with Crippen LogP contribution in [0.4, 0.5) is 18.9 Å². The van der Waals surface area contributed by atoms with Crippen molar-refractivity contribution < 1.29 is 26.3 Å². The second kappa shape index (κ2) is 4.44. The van der Waals surface area contributed by atoms with Crippen LogP contribution in [0.3, 0.4) is 0 Å². The Morgan fingerprint density at radius 1 is 1.29 bits per heavy atom. The SMILES string of the molecule is COc1ccc(NS(C)(=O)=O)cc1C(F)(F)F. The van der Waals surface area contributed by atoms with Crippen LogP contribution in [0.2, 0.25) is 0 Å². The van der Waals surface area contributed by atoms with Gasteiger partial charge in [-0.25, -0.2) is 8.42 Å². The van der Waals surface area contributed by atoms with Crippen molar-refractivity contribution in [1.29, 1.82) is 0 Å². The number of methoxy groups -OCH3 is 1. The summed E-state index contributed by atoms with van der Waals surface area (Å²) in [5.74, 6) is -0.364. The number of sulfonamides is 1. The molecule has 0 aliphatic heterocycles. The van der Waals surface area contributed by atoms with Gasteiger partial charge < -0.3 is 4.74 Å². The molecule has 1 N–H and O–H groups in total. The van der Waals surface area contributed by atoms with Crippen LogP contribution in [-0.2, 0) is 16.2 Å². The van der Waals surface area contributed by atoms with E-state index in [0.29, 0.717) is 6.07 Å². The predicted octanol–water partition coefficient (Wildman–Crippen LogP) is 2.09. The van der Waals surface area contributed by atoms with Crippen LogP contribution in [0.1, 0.15) is 5.56 Å². The summed E-state index contributed by atoms with van der Waals surface area (Å²) in [6.07, 6.45) is -3.76. The van der Waals surface area contributed by atoms with Gasteiger partial charge in [0.05, 0.1) is 18.9 Å². The first-order valence-electron chi connectivity index (χ1n) is 4.36. The maximum atomic E-state index is 12.6. The molecule has 8 heteroatoms. The van der Waals surface area contributed by atoms with E-state index in [2.05, 4.69) is 4.74 Å². The number of hydrogen-bond donors (Lipinski definition) is 1. The van der Waals surface area contributed by atoms with E-state index in [1.54, 1.807) is 0 Å². The van der Waals surface area contributed by atoms with Crippen LogP contribution in [0, 0.1) is 0 Å². The molecule has 0 aromatic heterocycles. The van der Waals surface area contributed by atoms with Gasteiger partial charge in [0.15, 0.2) is 0 Å². The van der Waals surface area contributed by atoms with Crippen molar-refractivity contribution in [3.8, 4) is 5.75 Å². The van der Waals surface area contributed by atoms with Crippen molar-refractivity contribution in [3.05, 3.63) is 23.8 Å². The van der Waals surface area contributed by atoms with Gasteiger partial charge in [0.2, 0.25) is 10.0 Å². The van der Waals surface area contributed by atoms with Crippen molar-refractivity contribution in [2.45, 2.75) is 6.18 Å². The topological polar surface area (TPSA) is 55.4 Å². The Morgan fingerprint density at radius 2 is 1.88 bits per heavy atom. The lowest BCUT2D eigenvalue weighted by Gasteiger charge is -2.13. The third kappa shape index (κ3) is 3.81. The summed E-state index contributed by atoms with van der Waals surface area (Å²) in [6.45, 7) is 0. The second-order valence-corrected chi connectivity index (χ2v) is 5.04. The summed E-state index contributed by atoms with van der Waals surface area (Å²) in [4.78, 5) is 0. The van der Waals surface area contributed by atoms with Gasteiger partial charge in [0.1, 0.15) is 5.75 Å². The van der Waals surface area contributed by atoms with Crippen molar-refractivity contribution in [3.63, 3.8) is 0 Å². The minimum absolute atomic E-state index is 0.166. The fourth-order valence-corrected chi connectivity index (χ4v) is 1.76. The zero-order valence-electron chi connectivity index (χ0n) is 9.00. The van der Waals surface area contributed by atoms with E-state index in [4.69, 9.17) is 0 Å². The maximum absolute atomic E-state index is 12.6. The molecule has 0 unspecified atom stereocenters. The molecule has 0 amide bonds. The van der Waals surface area contributed by atoms with E-state index < -0.39 is 21.8 Å². The molecule has 17 heavy (non-hydrogen) atoms. The van der Waals surface area contributed by atoms with Gasteiger partial charge in [-0.3, -0.25) is 4.72 Å². The zero-order valence-corrected chi connectivity index (χ0v) is 9.82. The molecule has 0 atom stereocenters. The van der Waals surface area contributed by atoms with E-state index >= 15 is 0 Å². The summed E-state index contributed by atoms with van der Waals surface area (Å²) in [7, 11) is -2.51. The standard InChI is InChI=1S/C9H10F3NO3S/c1-16-8-4-3-6(13-17(2,14)15)5-7(8)9(10,11)12/h3-5,13H,1-2H3. The lowest BCUT2D eigenvalue weighted by atomic mass is 10.1. The lowest BCUT2D eigenvalue weighted by Crippen LogP contribution is -2.12. The Morgan fingerprint density at radius 3 is 2.29 bits per heavy atom. The highest BCUT2D eigenvalue weighted by Gasteiger charge is 2.34.